The third kappa shape index (κ3) is 40.1. The van der Waals surface area contributed by atoms with Crippen LogP contribution in [0.4, 0.5) is 0 Å². The fraction of sp³-hybridized carbons (Fsp3) is 0.778. The molecule has 0 rings (SSSR count). The first-order valence-corrected chi connectivity index (χ1v) is 23.7. The van der Waals surface area contributed by atoms with E-state index in [0.29, 0.717) is 25.7 Å². The minimum atomic E-state index is -4.41. The molecule has 11 heteroatoms. The summed E-state index contributed by atoms with van der Waals surface area (Å²) in [6.45, 7) is 3.54. The van der Waals surface area contributed by atoms with Crippen molar-refractivity contribution in [3.05, 3.63) is 48.6 Å². The van der Waals surface area contributed by atoms with Gasteiger partial charge < -0.3 is 25.2 Å². The largest absolute Gasteiger partial charge is 0.472 e. The van der Waals surface area contributed by atoms with Gasteiger partial charge in [-0.05, 0) is 44.9 Å². The number of hydrogen-bond acceptors (Lipinski definition) is 9. The fourth-order valence-electron chi connectivity index (χ4n) is 5.94. The first kappa shape index (κ1) is 53.9. The van der Waals surface area contributed by atoms with Crippen LogP contribution in [0.1, 0.15) is 187 Å². The van der Waals surface area contributed by atoms with Crippen LogP contribution < -0.4 is 5.73 Å². The lowest BCUT2D eigenvalue weighted by Gasteiger charge is -2.19. The van der Waals surface area contributed by atoms with Gasteiger partial charge in [-0.15, -0.1) is 0 Å². The monoisotopic (exact) mass is 812 g/mol. The lowest BCUT2D eigenvalue weighted by Crippen LogP contribution is -2.29. The van der Waals surface area contributed by atoms with Crippen molar-refractivity contribution in [2.75, 3.05) is 26.4 Å². The molecule has 0 spiro atoms. The zero-order valence-electron chi connectivity index (χ0n) is 35.5. The molecule has 0 amide bonds. The summed E-state index contributed by atoms with van der Waals surface area (Å²) in [7, 11) is -4.41. The van der Waals surface area contributed by atoms with Crippen LogP contribution in [0.25, 0.3) is 0 Å². The number of nitrogens with two attached hydrogens (primary N) is 1. The predicted molar refractivity (Wildman–Crippen MR) is 230 cm³/mol. The average molecular weight is 812 g/mol. The smallest absolute Gasteiger partial charge is 0.462 e. The Bertz CT molecular complexity index is 1080. The Hall–Kier alpha value is -2.07. The molecule has 2 unspecified atom stereocenters. The highest BCUT2D eigenvalue weighted by molar-refractivity contribution is 7.47. The summed E-state index contributed by atoms with van der Waals surface area (Å²) < 4.78 is 32.7. The van der Waals surface area contributed by atoms with Crippen LogP contribution in [0.5, 0.6) is 0 Å². The van der Waals surface area contributed by atoms with E-state index in [2.05, 4.69) is 32.1 Å². The molecule has 0 aromatic rings. The van der Waals surface area contributed by atoms with E-state index in [1.165, 1.54) is 109 Å². The lowest BCUT2D eigenvalue weighted by atomic mass is 10.0. The van der Waals surface area contributed by atoms with E-state index in [9.17, 15) is 24.2 Å². The number of carbonyl (C=O) groups excluding carboxylic acids is 2. The number of rotatable bonds is 41. The SMILES string of the molecule is CCCCC/C=C\C/C=C\CC(O)/C=C\C=C\CCCC(=O)O[C@H](COC(=O)CCCCCCCCCCCCCCCCCCC)COP(=O)(O)OCCN. The van der Waals surface area contributed by atoms with E-state index in [-0.39, 0.29) is 32.6 Å². The normalized spacial score (nSPS) is 14.3. The van der Waals surface area contributed by atoms with Gasteiger partial charge in [-0.2, -0.15) is 0 Å². The topological polar surface area (TPSA) is 155 Å². The minimum Gasteiger partial charge on any atom is -0.462 e. The Morgan fingerprint density at radius 2 is 1.16 bits per heavy atom. The fourth-order valence-corrected chi connectivity index (χ4v) is 6.71. The molecule has 326 valence electrons. The first-order valence-electron chi connectivity index (χ1n) is 22.2. The number of phosphoric acid groups is 1. The number of carbonyl (C=O) groups is 2. The Morgan fingerprint density at radius 3 is 1.77 bits per heavy atom. The van der Waals surface area contributed by atoms with Crippen LogP contribution in [0.15, 0.2) is 48.6 Å². The molecular formula is C45H82NO9P. The van der Waals surface area contributed by atoms with Crippen LogP contribution in [0, 0.1) is 0 Å². The number of esters is 2. The second-order valence-corrected chi connectivity index (χ2v) is 16.2. The standard InChI is InChI=1S/C45H82NO9P/c1-3-5-7-9-11-13-14-15-16-17-18-19-20-22-24-28-32-36-44(48)52-40-43(41-54-56(50,51)53-39-38-46)55-45(49)37-33-29-25-27-31-35-42(47)34-30-26-23-21-12-10-8-6-4-2/h12,21,25-27,30-31,35,42-43,47H,3-11,13-20,22-24,28-29,32-34,36-41,46H2,1-2H3,(H,50,51)/b21-12-,27-25+,30-26-,35-31-/t42?,43-/m1/s1. The summed E-state index contributed by atoms with van der Waals surface area (Å²) >= 11 is 0. The molecule has 0 heterocycles. The van der Waals surface area contributed by atoms with E-state index >= 15 is 0 Å². The van der Waals surface area contributed by atoms with Gasteiger partial charge in [-0.25, -0.2) is 4.57 Å². The van der Waals surface area contributed by atoms with Crippen LogP contribution in [-0.2, 0) is 32.7 Å². The summed E-state index contributed by atoms with van der Waals surface area (Å²) in [5.41, 5.74) is 5.34. The van der Waals surface area contributed by atoms with E-state index in [1.807, 2.05) is 18.2 Å². The van der Waals surface area contributed by atoms with Crippen molar-refractivity contribution in [1.82, 2.24) is 0 Å². The second kappa shape index (κ2) is 41.1. The van der Waals surface area contributed by atoms with Gasteiger partial charge in [0, 0.05) is 19.4 Å². The van der Waals surface area contributed by atoms with Gasteiger partial charge in [0.1, 0.15) is 6.61 Å². The highest BCUT2D eigenvalue weighted by Crippen LogP contribution is 2.43. The van der Waals surface area contributed by atoms with Crippen molar-refractivity contribution in [1.29, 1.82) is 0 Å². The molecule has 0 saturated heterocycles. The maximum absolute atomic E-state index is 12.6. The van der Waals surface area contributed by atoms with E-state index in [1.54, 1.807) is 12.2 Å². The first-order chi connectivity index (χ1) is 27.2. The third-order valence-electron chi connectivity index (χ3n) is 9.30. The molecule has 0 aromatic carbocycles. The second-order valence-electron chi connectivity index (χ2n) is 14.8. The van der Waals surface area contributed by atoms with Gasteiger partial charge >= 0.3 is 19.8 Å². The molecule has 0 aliphatic heterocycles. The van der Waals surface area contributed by atoms with Gasteiger partial charge in [-0.1, -0.05) is 178 Å². The highest BCUT2D eigenvalue weighted by atomic mass is 31.2. The number of phosphoric ester groups is 1. The van der Waals surface area contributed by atoms with Crippen LogP contribution in [-0.4, -0.2) is 60.5 Å². The molecule has 3 atom stereocenters. The van der Waals surface area contributed by atoms with Crippen molar-refractivity contribution < 1.29 is 42.7 Å². The van der Waals surface area contributed by atoms with Crippen molar-refractivity contribution in [3.63, 3.8) is 0 Å². The molecule has 0 aliphatic carbocycles. The maximum Gasteiger partial charge on any atom is 0.472 e. The van der Waals surface area contributed by atoms with Crippen LogP contribution in [0.2, 0.25) is 0 Å². The third-order valence-corrected chi connectivity index (χ3v) is 10.3. The average Bonchev–Trinajstić information content (AvgIpc) is 3.18. The zero-order chi connectivity index (χ0) is 41.2. The molecule has 0 radical (unpaired) electrons. The predicted octanol–water partition coefficient (Wildman–Crippen LogP) is 11.7. The number of allylic oxidation sites excluding steroid dienone is 6. The van der Waals surface area contributed by atoms with Crippen LogP contribution >= 0.6 is 7.82 Å². The number of unbranched alkanes of at least 4 members (excludes halogenated alkanes) is 20. The molecule has 0 saturated carbocycles. The van der Waals surface area contributed by atoms with Gasteiger partial charge in [0.2, 0.25) is 0 Å². The zero-order valence-corrected chi connectivity index (χ0v) is 36.4. The van der Waals surface area contributed by atoms with Crippen molar-refractivity contribution in [2.24, 2.45) is 5.73 Å². The minimum absolute atomic E-state index is 0.0306. The number of ether oxygens (including phenoxy) is 2. The molecule has 10 nitrogen and oxygen atoms in total. The molecule has 0 aromatic heterocycles. The van der Waals surface area contributed by atoms with Gasteiger partial charge in [0.15, 0.2) is 6.10 Å². The number of aliphatic hydroxyl groups is 1. The summed E-state index contributed by atoms with van der Waals surface area (Å²) in [4.78, 5) is 34.9. The van der Waals surface area contributed by atoms with E-state index in [0.717, 1.165) is 25.7 Å². The Labute approximate surface area is 341 Å². The molecule has 0 bridgehead atoms. The molecule has 56 heavy (non-hydrogen) atoms. The Balaban J connectivity index is 4.30. The molecule has 0 fully saturated rings. The Morgan fingerprint density at radius 1 is 0.625 bits per heavy atom. The molecular weight excluding hydrogens is 729 g/mol. The van der Waals surface area contributed by atoms with Gasteiger partial charge in [-0.3, -0.25) is 18.6 Å². The van der Waals surface area contributed by atoms with Crippen molar-refractivity contribution >= 4 is 19.8 Å². The summed E-state index contributed by atoms with van der Waals surface area (Å²) in [5, 5.41) is 10.1. The lowest BCUT2D eigenvalue weighted by molar-refractivity contribution is -0.161. The quantitative estimate of drug-likeness (QED) is 0.0179. The summed E-state index contributed by atoms with van der Waals surface area (Å²) in [6, 6.07) is 0. The van der Waals surface area contributed by atoms with Gasteiger partial charge in [0.05, 0.1) is 19.3 Å². The van der Waals surface area contributed by atoms with E-state index < -0.39 is 38.6 Å². The summed E-state index contributed by atoms with van der Waals surface area (Å²) in [5.74, 6) is -0.955. The molecule has 0 aliphatic rings. The maximum atomic E-state index is 12.6. The number of hydrogen-bond donors (Lipinski definition) is 3. The van der Waals surface area contributed by atoms with Crippen molar-refractivity contribution in [3.8, 4) is 0 Å². The number of aliphatic hydroxyl groups excluding tert-OH is 1. The summed E-state index contributed by atoms with van der Waals surface area (Å²) in [6.07, 6.45) is 43.1. The van der Waals surface area contributed by atoms with E-state index in [4.69, 9.17) is 24.3 Å². The molecule has 4 N–H and O–H groups in total. The highest BCUT2D eigenvalue weighted by Gasteiger charge is 2.26. The van der Waals surface area contributed by atoms with Crippen molar-refractivity contribution in [2.45, 2.75) is 199 Å². The van der Waals surface area contributed by atoms with Gasteiger partial charge in [0.25, 0.3) is 0 Å². The van der Waals surface area contributed by atoms with Crippen LogP contribution in [0.3, 0.4) is 0 Å². The Kier molecular flexibility index (Phi) is 39.6.